The van der Waals surface area contributed by atoms with E-state index in [0.29, 0.717) is 0 Å². The summed E-state index contributed by atoms with van der Waals surface area (Å²) < 4.78 is 30.2. The van der Waals surface area contributed by atoms with Crippen molar-refractivity contribution in [3.63, 3.8) is 0 Å². The summed E-state index contributed by atoms with van der Waals surface area (Å²) in [5, 5.41) is 22.7. The van der Waals surface area contributed by atoms with Crippen LogP contribution in [0.5, 0.6) is 0 Å². The molecule has 1 fully saturated rings. The Kier molecular flexibility index (Phi) is 7.94. The Labute approximate surface area is 247 Å². The van der Waals surface area contributed by atoms with Crippen LogP contribution in [0.25, 0.3) is 22.2 Å². The van der Waals surface area contributed by atoms with Crippen LogP contribution >= 0.6 is 0 Å². The number of carboxylic acids is 1. The average Bonchev–Trinajstić information content (AvgIpc) is 3.57. The Balaban J connectivity index is 1.35. The summed E-state index contributed by atoms with van der Waals surface area (Å²) in [5.74, 6) is -4.64. The fraction of sp³-hybridized carbons (Fsp3) is 0.172. The van der Waals surface area contributed by atoms with Crippen molar-refractivity contribution in [1.82, 2.24) is 14.9 Å². The van der Waals surface area contributed by atoms with Gasteiger partial charge < -0.3 is 37.1 Å². The van der Waals surface area contributed by atoms with Crippen molar-refractivity contribution in [3.8, 4) is 11.1 Å². The Bertz CT molecular complexity index is 1840. The Morgan fingerprint density at radius 3 is 2.55 bits per heavy atom. The van der Waals surface area contributed by atoms with Crippen molar-refractivity contribution in [2.24, 2.45) is 5.73 Å². The van der Waals surface area contributed by atoms with Crippen molar-refractivity contribution in [2.45, 2.75) is 18.6 Å². The highest BCUT2D eigenvalue weighted by atomic mass is 19.1. The first-order chi connectivity index (χ1) is 20.9. The number of hydrogen-bond donors (Lipinski definition) is 7. The second-order valence-corrected chi connectivity index (χ2v) is 10.0. The number of alkyl halides is 1. The summed E-state index contributed by atoms with van der Waals surface area (Å²) in [6.07, 6.45) is -1.83. The van der Waals surface area contributed by atoms with Gasteiger partial charge in [0, 0.05) is 23.2 Å². The van der Waals surface area contributed by atoms with Gasteiger partial charge in [0.1, 0.15) is 23.4 Å². The molecule has 1 aromatic heterocycles. The number of halogens is 2. The fourth-order valence-electron chi connectivity index (χ4n) is 5.09. The van der Waals surface area contributed by atoms with Crippen LogP contribution in [0.1, 0.15) is 22.3 Å². The molecule has 0 unspecified atom stereocenters. The molecule has 0 saturated carbocycles. The molecule has 1 aliphatic heterocycles. The first-order valence-corrected chi connectivity index (χ1v) is 13.2. The number of rotatable bonds is 9. The van der Waals surface area contributed by atoms with Gasteiger partial charge in [-0.2, -0.15) is 0 Å². The number of amides is 3. The molecule has 15 heteroatoms. The zero-order chi connectivity index (χ0) is 31.7. The van der Waals surface area contributed by atoms with Gasteiger partial charge in [-0.3, -0.25) is 19.8 Å². The number of anilines is 3. The number of aromatic amines is 1. The number of nitrogens with one attached hydrogen (secondary N) is 4. The van der Waals surface area contributed by atoms with E-state index < -0.39 is 54.0 Å². The number of imidazole rings is 1. The minimum Gasteiger partial charge on any atom is -0.478 e. The number of nitrogen functional groups attached to an aromatic ring is 1. The molecular formula is C29H26F2N8O5. The molecule has 4 aromatic rings. The summed E-state index contributed by atoms with van der Waals surface area (Å²) in [7, 11) is 0. The number of carbonyl (C=O) groups is 4. The number of likely N-dealkylation sites (tertiary alicyclic amines) is 1. The lowest BCUT2D eigenvalue weighted by Crippen LogP contribution is -2.45. The molecule has 44 heavy (non-hydrogen) atoms. The van der Waals surface area contributed by atoms with Crippen molar-refractivity contribution in [1.29, 1.82) is 5.41 Å². The molecule has 5 rings (SSSR count). The first kappa shape index (κ1) is 29.6. The smallest absolute Gasteiger partial charge is 0.338 e. The summed E-state index contributed by atoms with van der Waals surface area (Å²) in [5.41, 5.74) is 10.9. The number of carboxylic acid groups (broad SMARTS) is 1. The van der Waals surface area contributed by atoms with Gasteiger partial charge in [-0.1, -0.05) is 30.3 Å². The molecular weight excluding hydrogens is 578 g/mol. The maximum absolute atomic E-state index is 15.7. The van der Waals surface area contributed by atoms with Gasteiger partial charge in [-0.15, -0.1) is 0 Å². The quantitative estimate of drug-likeness (QED) is 0.140. The van der Waals surface area contributed by atoms with Crippen molar-refractivity contribution in [3.05, 3.63) is 71.5 Å². The van der Waals surface area contributed by atoms with E-state index in [2.05, 4.69) is 20.6 Å². The van der Waals surface area contributed by atoms with E-state index in [1.54, 1.807) is 12.1 Å². The Hall–Kier alpha value is -5.86. The number of benzene rings is 3. The lowest BCUT2D eigenvalue weighted by atomic mass is 10.0. The number of primary amides is 1. The predicted octanol–water partition coefficient (Wildman–Crippen LogP) is 2.49. The van der Waals surface area contributed by atoms with E-state index in [9.17, 15) is 28.7 Å². The first-order valence-electron chi connectivity index (χ1n) is 13.2. The average molecular weight is 605 g/mol. The monoisotopic (exact) mass is 604 g/mol. The topological polar surface area (TPSA) is 220 Å². The fourth-order valence-corrected chi connectivity index (χ4v) is 5.09. The third-order valence-corrected chi connectivity index (χ3v) is 7.15. The summed E-state index contributed by atoms with van der Waals surface area (Å²) in [4.78, 5) is 57.3. The highest BCUT2D eigenvalue weighted by Gasteiger charge is 2.40. The zero-order valence-electron chi connectivity index (χ0n) is 22.9. The molecule has 0 radical (unpaired) electrons. The predicted molar refractivity (Wildman–Crippen MR) is 157 cm³/mol. The third kappa shape index (κ3) is 5.74. The van der Waals surface area contributed by atoms with Gasteiger partial charge in [-0.05, 0) is 29.8 Å². The van der Waals surface area contributed by atoms with Gasteiger partial charge in [0.25, 0.3) is 5.91 Å². The van der Waals surface area contributed by atoms with Crippen LogP contribution in [-0.2, 0) is 14.4 Å². The largest absolute Gasteiger partial charge is 0.478 e. The van der Waals surface area contributed by atoms with Gasteiger partial charge in [0.15, 0.2) is 11.8 Å². The molecule has 3 amide bonds. The maximum Gasteiger partial charge on any atom is 0.338 e. The molecule has 1 saturated heterocycles. The minimum absolute atomic E-state index is 0.0208. The van der Waals surface area contributed by atoms with Crippen LogP contribution in [-0.4, -0.2) is 74.7 Å². The number of aromatic nitrogens is 2. The normalized spacial score (nSPS) is 16.1. The van der Waals surface area contributed by atoms with Gasteiger partial charge in [-0.25, -0.2) is 18.6 Å². The van der Waals surface area contributed by atoms with E-state index >= 15 is 4.39 Å². The number of nitrogens with two attached hydrogens (primary N) is 2. The second kappa shape index (κ2) is 11.8. The third-order valence-electron chi connectivity index (χ3n) is 7.15. The number of carbonyl (C=O) groups excluding carboxylic acids is 3. The van der Waals surface area contributed by atoms with E-state index in [4.69, 9.17) is 16.9 Å². The summed E-state index contributed by atoms with van der Waals surface area (Å²) in [6, 6.07) is 11.7. The lowest BCUT2D eigenvalue weighted by Gasteiger charge is -2.24. The standard InChI is InChI=1S/C29H26F2N8O5/c30-14-10-21(39(12-14)22(40)11-35-18-6-2-1-4-16(18)24(32)26(33)41)27(42)36-19-7-3-5-15(23(19)31)13-8-17(28(43)44)25-20(9-13)37-29(34)38-25/h1-9,14,21,32,35H,10-12H2,(H2,33,41)(H,36,42)(H,43,44)(H3,34,37,38)/t14-,21+/m1/s1. The maximum atomic E-state index is 15.7. The van der Waals surface area contributed by atoms with Crippen LogP contribution in [0.3, 0.4) is 0 Å². The van der Waals surface area contributed by atoms with Crippen molar-refractivity contribution >= 4 is 57.8 Å². The van der Waals surface area contributed by atoms with Gasteiger partial charge in [0.2, 0.25) is 11.8 Å². The highest BCUT2D eigenvalue weighted by Crippen LogP contribution is 2.32. The molecule has 1 aliphatic rings. The van der Waals surface area contributed by atoms with Crippen LogP contribution in [0, 0.1) is 11.2 Å². The van der Waals surface area contributed by atoms with Crippen LogP contribution in [0.15, 0.2) is 54.6 Å². The molecule has 3 aromatic carbocycles. The summed E-state index contributed by atoms with van der Waals surface area (Å²) in [6.45, 7) is -0.763. The number of hydrogen-bond acceptors (Lipinski definition) is 8. The lowest BCUT2D eigenvalue weighted by molar-refractivity contribution is -0.135. The van der Waals surface area contributed by atoms with Gasteiger partial charge in [0.05, 0.1) is 29.9 Å². The molecule has 9 N–H and O–H groups in total. The molecule has 2 heterocycles. The molecule has 0 spiro atoms. The Morgan fingerprint density at radius 2 is 1.82 bits per heavy atom. The molecule has 2 atom stereocenters. The minimum atomic E-state index is -1.51. The highest BCUT2D eigenvalue weighted by molar-refractivity contribution is 6.44. The van der Waals surface area contributed by atoms with Crippen molar-refractivity contribution < 1.29 is 33.1 Å². The van der Waals surface area contributed by atoms with E-state index in [1.165, 1.54) is 42.5 Å². The van der Waals surface area contributed by atoms with Gasteiger partial charge >= 0.3 is 5.97 Å². The number of fused-ring (bicyclic) bond motifs is 1. The number of para-hydroxylation sites is 1. The number of H-pyrrole nitrogens is 1. The summed E-state index contributed by atoms with van der Waals surface area (Å²) >= 11 is 0. The number of aromatic carboxylic acids is 1. The van der Waals surface area contributed by atoms with Crippen LogP contribution < -0.4 is 22.1 Å². The molecule has 226 valence electrons. The molecule has 0 aliphatic carbocycles. The van der Waals surface area contributed by atoms with Crippen LogP contribution in [0.4, 0.5) is 26.1 Å². The van der Waals surface area contributed by atoms with Crippen molar-refractivity contribution in [2.75, 3.05) is 29.5 Å². The Morgan fingerprint density at radius 1 is 1.09 bits per heavy atom. The van der Waals surface area contributed by atoms with E-state index in [0.717, 1.165) is 4.90 Å². The zero-order valence-corrected chi connectivity index (χ0v) is 22.9. The van der Waals surface area contributed by atoms with E-state index in [-0.39, 0.29) is 63.6 Å². The second-order valence-electron chi connectivity index (χ2n) is 10.0. The number of nitrogens with zero attached hydrogens (tertiary/aromatic N) is 2. The molecule has 0 bridgehead atoms. The van der Waals surface area contributed by atoms with Crippen LogP contribution in [0.2, 0.25) is 0 Å². The molecule has 13 nitrogen and oxygen atoms in total. The van der Waals surface area contributed by atoms with E-state index in [1.807, 2.05) is 0 Å². The SMILES string of the molecule is N=C(C(N)=O)c1ccccc1NCC(=O)N1C[C@H](F)C[C@H]1C(=O)Nc1cccc(-c2cc(C(=O)O)c3nc(N)[nH]c3c2)c1F.